The van der Waals surface area contributed by atoms with Crippen molar-refractivity contribution in [2.75, 3.05) is 0 Å². The number of benzene rings is 2. The van der Waals surface area contributed by atoms with Crippen LogP contribution in [-0.2, 0) is 0 Å². The van der Waals surface area contributed by atoms with Crippen molar-refractivity contribution in [2.45, 2.75) is 0 Å². The van der Waals surface area contributed by atoms with Gasteiger partial charge in [-0.05, 0) is 35.9 Å². The lowest BCUT2D eigenvalue weighted by molar-refractivity contribution is 0.0697. The summed E-state index contributed by atoms with van der Waals surface area (Å²) in [6, 6.07) is 14.7. The lowest BCUT2D eigenvalue weighted by atomic mass is 9.99. The van der Waals surface area contributed by atoms with Crippen LogP contribution in [0.3, 0.4) is 0 Å². The van der Waals surface area contributed by atoms with Crippen molar-refractivity contribution in [3.63, 3.8) is 0 Å². The van der Waals surface area contributed by atoms with Gasteiger partial charge in [-0.3, -0.25) is 0 Å². The van der Waals surface area contributed by atoms with Crippen LogP contribution in [0.4, 0.5) is 4.39 Å². The van der Waals surface area contributed by atoms with E-state index in [0.29, 0.717) is 5.69 Å². The zero-order chi connectivity index (χ0) is 14.8. The van der Waals surface area contributed by atoms with Gasteiger partial charge in [-0.15, -0.1) is 0 Å². The minimum absolute atomic E-state index is 0.202. The number of aromatic nitrogens is 1. The molecule has 0 aliphatic carbocycles. The molecule has 0 saturated carbocycles. The Morgan fingerprint density at radius 3 is 2.24 bits per heavy atom. The standard InChI is InChI=1S/C17H12FNO2/c18-13-8-6-12(7-9-13)14-4-3-5-15(17(20)21)16(14)19-10-1-2-11-19/h1-11H,(H,20,21). The van der Waals surface area contributed by atoms with E-state index < -0.39 is 5.97 Å². The fraction of sp³-hybridized carbons (Fsp3) is 0. The van der Waals surface area contributed by atoms with E-state index in [0.717, 1.165) is 11.1 Å². The van der Waals surface area contributed by atoms with Gasteiger partial charge in [0.2, 0.25) is 0 Å². The van der Waals surface area contributed by atoms with Gasteiger partial charge in [0.15, 0.2) is 0 Å². The van der Waals surface area contributed by atoms with Crippen LogP contribution in [0.15, 0.2) is 67.0 Å². The molecule has 0 saturated heterocycles. The van der Waals surface area contributed by atoms with E-state index in [1.165, 1.54) is 12.1 Å². The molecule has 0 aliphatic heterocycles. The largest absolute Gasteiger partial charge is 0.478 e. The Kier molecular flexibility index (Phi) is 3.28. The molecule has 0 amide bonds. The Balaban J connectivity index is 2.28. The van der Waals surface area contributed by atoms with Crippen molar-refractivity contribution in [1.29, 1.82) is 0 Å². The third-order valence-electron chi connectivity index (χ3n) is 3.28. The Hall–Kier alpha value is -2.88. The van der Waals surface area contributed by atoms with Gasteiger partial charge in [-0.1, -0.05) is 24.3 Å². The van der Waals surface area contributed by atoms with Gasteiger partial charge in [0, 0.05) is 18.0 Å². The predicted octanol–water partition coefficient (Wildman–Crippen LogP) is 3.98. The summed E-state index contributed by atoms with van der Waals surface area (Å²) in [5.74, 6) is -1.32. The fourth-order valence-corrected chi connectivity index (χ4v) is 2.34. The molecule has 0 fully saturated rings. The quantitative estimate of drug-likeness (QED) is 0.789. The van der Waals surface area contributed by atoms with Crippen LogP contribution < -0.4 is 0 Å². The van der Waals surface area contributed by atoms with Crippen molar-refractivity contribution in [1.82, 2.24) is 4.57 Å². The van der Waals surface area contributed by atoms with Gasteiger partial charge < -0.3 is 9.67 Å². The van der Waals surface area contributed by atoms with Crippen molar-refractivity contribution >= 4 is 5.97 Å². The van der Waals surface area contributed by atoms with Crippen LogP contribution in [-0.4, -0.2) is 15.6 Å². The van der Waals surface area contributed by atoms with E-state index in [9.17, 15) is 14.3 Å². The second-order valence-electron chi connectivity index (χ2n) is 4.60. The summed E-state index contributed by atoms with van der Waals surface area (Å²) in [5.41, 5.74) is 2.28. The van der Waals surface area contributed by atoms with E-state index >= 15 is 0 Å². The minimum Gasteiger partial charge on any atom is -0.478 e. The molecule has 3 rings (SSSR count). The molecule has 0 unspecified atom stereocenters. The number of hydrogen-bond acceptors (Lipinski definition) is 1. The van der Waals surface area contributed by atoms with E-state index in [1.54, 1.807) is 41.2 Å². The van der Waals surface area contributed by atoms with E-state index in [2.05, 4.69) is 0 Å². The summed E-state index contributed by atoms with van der Waals surface area (Å²) in [5, 5.41) is 9.41. The summed E-state index contributed by atoms with van der Waals surface area (Å²) in [6.45, 7) is 0. The summed E-state index contributed by atoms with van der Waals surface area (Å²) in [6.07, 6.45) is 3.57. The molecule has 104 valence electrons. The zero-order valence-electron chi connectivity index (χ0n) is 11.0. The van der Waals surface area contributed by atoms with Crippen molar-refractivity contribution in [3.8, 4) is 16.8 Å². The van der Waals surface area contributed by atoms with Gasteiger partial charge in [0.25, 0.3) is 0 Å². The number of nitrogens with zero attached hydrogens (tertiary/aromatic N) is 1. The molecule has 0 bridgehead atoms. The highest BCUT2D eigenvalue weighted by Crippen LogP contribution is 2.30. The molecule has 21 heavy (non-hydrogen) atoms. The normalized spacial score (nSPS) is 10.5. The summed E-state index contributed by atoms with van der Waals surface area (Å²) in [7, 11) is 0. The lowest BCUT2D eigenvalue weighted by Gasteiger charge is -2.14. The van der Waals surface area contributed by atoms with Crippen LogP contribution in [0.5, 0.6) is 0 Å². The summed E-state index contributed by atoms with van der Waals surface area (Å²) < 4.78 is 14.8. The maximum Gasteiger partial charge on any atom is 0.337 e. The zero-order valence-corrected chi connectivity index (χ0v) is 11.0. The van der Waals surface area contributed by atoms with Gasteiger partial charge in [-0.2, -0.15) is 0 Å². The third-order valence-corrected chi connectivity index (χ3v) is 3.28. The summed E-state index contributed by atoms with van der Waals surface area (Å²) in [4.78, 5) is 11.5. The summed E-state index contributed by atoms with van der Waals surface area (Å²) >= 11 is 0. The Morgan fingerprint density at radius 2 is 1.62 bits per heavy atom. The Labute approximate surface area is 120 Å². The molecule has 1 N–H and O–H groups in total. The lowest BCUT2D eigenvalue weighted by Crippen LogP contribution is -2.06. The van der Waals surface area contributed by atoms with Gasteiger partial charge >= 0.3 is 5.97 Å². The van der Waals surface area contributed by atoms with Crippen molar-refractivity contribution in [3.05, 3.63) is 78.4 Å². The molecule has 1 aromatic heterocycles. The first-order chi connectivity index (χ1) is 10.2. The van der Waals surface area contributed by atoms with Gasteiger partial charge in [0.1, 0.15) is 5.82 Å². The topological polar surface area (TPSA) is 42.2 Å². The number of rotatable bonds is 3. The average Bonchev–Trinajstić information content (AvgIpc) is 3.01. The van der Waals surface area contributed by atoms with Crippen LogP contribution in [0.2, 0.25) is 0 Å². The molecule has 0 spiro atoms. The number of hydrogen-bond donors (Lipinski definition) is 1. The molecule has 0 atom stereocenters. The second-order valence-corrected chi connectivity index (χ2v) is 4.60. The number of carbonyl (C=O) groups is 1. The van der Waals surface area contributed by atoms with E-state index in [1.807, 2.05) is 18.2 Å². The first kappa shape index (κ1) is 13.1. The smallest absolute Gasteiger partial charge is 0.337 e. The number of para-hydroxylation sites is 1. The highest BCUT2D eigenvalue weighted by atomic mass is 19.1. The van der Waals surface area contributed by atoms with Gasteiger partial charge in [0.05, 0.1) is 11.3 Å². The average molecular weight is 281 g/mol. The Morgan fingerprint density at radius 1 is 0.952 bits per heavy atom. The van der Waals surface area contributed by atoms with Crippen LogP contribution in [0, 0.1) is 5.82 Å². The second kappa shape index (κ2) is 5.25. The molecule has 0 radical (unpaired) electrons. The number of carboxylic acids is 1. The van der Waals surface area contributed by atoms with Crippen LogP contribution in [0.1, 0.15) is 10.4 Å². The fourth-order valence-electron chi connectivity index (χ4n) is 2.34. The molecule has 3 aromatic rings. The first-order valence-electron chi connectivity index (χ1n) is 6.42. The van der Waals surface area contributed by atoms with Crippen molar-refractivity contribution in [2.24, 2.45) is 0 Å². The molecule has 3 nitrogen and oxygen atoms in total. The van der Waals surface area contributed by atoms with E-state index in [-0.39, 0.29) is 11.4 Å². The number of aromatic carboxylic acids is 1. The first-order valence-corrected chi connectivity index (χ1v) is 6.42. The maximum atomic E-state index is 13.1. The molecule has 4 heteroatoms. The molecular weight excluding hydrogens is 269 g/mol. The Bertz CT molecular complexity index is 777. The minimum atomic E-state index is -0.998. The van der Waals surface area contributed by atoms with Gasteiger partial charge in [-0.25, -0.2) is 9.18 Å². The number of halogens is 1. The molecular formula is C17H12FNO2. The van der Waals surface area contributed by atoms with Crippen LogP contribution >= 0.6 is 0 Å². The monoisotopic (exact) mass is 281 g/mol. The predicted molar refractivity (Wildman–Crippen MR) is 78.1 cm³/mol. The highest BCUT2D eigenvalue weighted by molar-refractivity contribution is 5.96. The molecule has 1 heterocycles. The van der Waals surface area contributed by atoms with E-state index in [4.69, 9.17) is 0 Å². The molecule has 2 aromatic carbocycles. The maximum absolute atomic E-state index is 13.1. The number of carboxylic acid groups (broad SMARTS) is 1. The third kappa shape index (κ3) is 2.43. The highest BCUT2D eigenvalue weighted by Gasteiger charge is 2.16. The SMILES string of the molecule is O=C(O)c1cccc(-c2ccc(F)cc2)c1-n1cccc1. The van der Waals surface area contributed by atoms with Crippen LogP contribution in [0.25, 0.3) is 16.8 Å². The van der Waals surface area contributed by atoms with Crippen molar-refractivity contribution < 1.29 is 14.3 Å². The molecule has 0 aliphatic rings.